The topological polar surface area (TPSA) is 94.0 Å². The van der Waals surface area contributed by atoms with Crippen LogP contribution in [0.15, 0.2) is 71.4 Å². The van der Waals surface area contributed by atoms with Crippen molar-refractivity contribution < 1.29 is 27.6 Å². The molecule has 5 rings (SSSR count). The van der Waals surface area contributed by atoms with Crippen LogP contribution in [0.1, 0.15) is 20.9 Å². The number of carbonyl (C=O) groups is 1. The summed E-state index contributed by atoms with van der Waals surface area (Å²) in [5, 5.41) is 17.2. The minimum absolute atomic E-state index is 0. The van der Waals surface area contributed by atoms with Gasteiger partial charge in [-0.25, -0.2) is 4.79 Å². The SMILES string of the molecule is O=C(O)c1ccn(Cc2ccc(-c3noc(-c4cc(-c5ccccc5)c(C(F)(F)F)s4)n3)cc2Cl)n1.[NaH]. The van der Waals surface area contributed by atoms with E-state index in [1.165, 1.54) is 23.0 Å². The molecule has 0 radical (unpaired) electrons. The van der Waals surface area contributed by atoms with Crippen molar-refractivity contribution in [3.8, 4) is 33.3 Å². The van der Waals surface area contributed by atoms with E-state index in [0.717, 1.165) is 0 Å². The zero-order chi connectivity index (χ0) is 25.4. The van der Waals surface area contributed by atoms with Gasteiger partial charge in [0.15, 0.2) is 5.69 Å². The Bertz CT molecular complexity index is 1570. The van der Waals surface area contributed by atoms with Gasteiger partial charge in [-0.05, 0) is 29.3 Å². The summed E-state index contributed by atoms with van der Waals surface area (Å²) >= 11 is 6.93. The summed E-state index contributed by atoms with van der Waals surface area (Å²) in [4.78, 5) is 14.7. The van der Waals surface area contributed by atoms with E-state index in [1.807, 2.05) is 0 Å². The summed E-state index contributed by atoms with van der Waals surface area (Å²) in [6, 6.07) is 16.0. The van der Waals surface area contributed by atoms with Crippen LogP contribution in [0, 0.1) is 0 Å². The number of hydrogen-bond acceptors (Lipinski definition) is 6. The van der Waals surface area contributed by atoms with Crippen LogP contribution in [0.2, 0.25) is 5.02 Å². The van der Waals surface area contributed by atoms with Crippen molar-refractivity contribution in [2.45, 2.75) is 12.7 Å². The average molecular weight is 555 g/mol. The second-order valence-electron chi connectivity index (χ2n) is 7.65. The Morgan fingerprint density at radius 2 is 1.84 bits per heavy atom. The molecule has 184 valence electrons. The van der Waals surface area contributed by atoms with Gasteiger partial charge in [0.2, 0.25) is 5.82 Å². The van der Waals surface area contributed by atoms with E-state index in [0.29, 0.717) is 33.0 Å². The quantitative estimate of drug-likeness (QED) is 0.255. The second kappa shape index (κ2) is 10.8. The van der Waals surface area contributed by atoms with Crippen molar-refractivity contribution in [2.75, 3.05) is 0 Å². The zero-order valence-corrected chi connectivity index (χ0v) is 19.6. The van der Waals surface area contributed by atoms with Gasteiger partial charge in [-0.2, -0.15) is 23.3 Å². The molecule has 5 aromatic rings. The molecule has 0 saturated carbocycles. The molecule has 1 N–H and O–H groups in total. The van der Waals surface area contributed by atoms with Crippen molar-refractivity contribution in [3.63, 3.8) is 0 Å². The molecule has 0 aliphatic carbocycles. The molecule has 0 aliphatic rings. The van der Waals surface area contributed by atoms with E-state index in [9.17, 15) is 18.0 Å². The molecule has 0 atom stereocenters. The average Bonchev–Trinajstić information content (AvgIpc) is 3.60. The maximum absolute atomic E-state index is 13.7. The molecular weight excluding hydrogens is 540 g/mol. The van der Waals surface area contributed by atoms with Crippen LogP contribution in [0.25, 0.3) is 33.3 Å². The van der Waals surface area contributed by atoms with Crippen LogP contribution < -0.4 is 0 Å². The van der Waals surface area contributed by atoms with Crippen LogP contribution in [0.5, 0.6) is 0 Å². The Hall–Kier alpha value is -2.96. The van der Waals surface area contributed by atoms with Gasteiger partial charge in [0.25, 0.3) is 5.89 Å². The van der Waals surface area contributed by atoms with E-state index in [4.69, 9.17) is 21.2 Å². The first-order valence-electron chi connectivity index (χ1n) is 10.3. The molecule has 0 amide bonds. The Morgan fingerprint density at radius 3 is 2.49 bits per heavy atom. The molecule has 37 heavy (non-hydrogen) atoms. The molecule has 2 aromatic carbocycles. The Kier molecular flexibility index (Phi) is 7.91. The molecule has 0 spiro atoms. The van der Waals surface area contributed by atoms with Gasteiger partial charge in [-0.3, -0.25) is 4.68 Å². The number of rotatable bonds is 6. The van der Waals surface area contributed by atoms with Gasteiger partial charge in [-0.15, -0.1) is 11.3 Å². The predicted octanol–water partition coefficient (Wildman–Crippen LogP) is 6.10. The molecule has 13 heteroatoms. The van der Waals surface area contributed by atoms with Gasteiger partial charge in [0.05, 0.1) is 11.4 Å². The fourth-order valence-electron chi connectivity index (χ4n) is 3.53. The molecule has 0 bridgehead atoms. The normalized spacial score (nSPS) is 11.4. The van der Waals surface area contributed by atoms with Crippen LogP contribution in [0.3, 0.4) is 0 Å². The monoisotopic (exact) mass is 554 g/mol. The van der Waals surface area contributed by atoms with Crippen molar-refractivity contribution in [1.82, 2.24) is 19.9 Å². The van der Waals surface area contributed by atoms with Gasteiger partial charge in [0.1, 0.15) is 4.88 Å². The number of nitrogens with zero attached hydrogens (tertiary/aromatic N) is 4. The maximum atomic E-state index is 13.7. The molecule has 7 nitrogen and oxygen atoms in total. The molecule has 0 unspecified atom stereocenters. The Morgan fingerprint density at radius 1 is 1.08 bits per heavy atom. The van der Waals surface area contributed by atoms with E-state index in [-0.39, 0.29) is 64.0 Å². The third kappa shape index (κ3) is 5.81. The Labute approximate surface area is 238 Å². The summed E-state index contributed by atoms with van der Waals surface area (Å²) < 4.78 is 47.8. The van der Waals surface area contributed by atoms with E-state index < -0.39 is 17.0 Å². The molecule has 0 fully saturated rings. The third-order valence-corrected chi connectivity index (χ3v) is 6.73. The van der Waals surface area contributed by atoms with Crippen molar-refractivity contribution >= 4 is 58.5 Å². The zero-order valence-electron chi connectivity index (χ0n) is 18.0. The molecule has 0 aliphatic heterocycles. The van der Waals surface area contributed by atoms with Gasteiger partial charge in [0, 0.05) is 22.3 Å². The first-order valence-corrected chi connectivity index (χ1v) is 11.5. The van der Waals surface area contributed by atoms with E-state index >= 15 is 0 Å². The van der Waals surface area contributed by atoms with Gasteiger partial charge in [-0.1, -0.05) is 59.2 Å². The fraction of sp³-hybridized carbons (Fsp3) is 0.0833. The van der Waals surface area contributed by atoms with E-state index in [1.54, 1.807) is 48.5 Å². The van der Waals surface area contributed by atoms with Crippen LogP contribution in [0.4, 0.5) is 13.2 Å². The number of alkyl halides is 3. The summed E-state index contributed by atoms with van der Waals surface area (Å²) in [6.07, 6.45) is -3.01. The second-order valence-corrected chi connectivity index (χ2v) is 9.11. The first-order chi connectivity index (χ1) is 17.2. The van der Waals surface area contributed by atoms with Crippen LogP contribution in [-0.4, -0.2) is 60.6 Å². The van der Waals surface area contributed by atoms with Gasteiger partial charge < -0.3 is 9.63 Å². The molecule has 3 aromatic heterocycles. The first kappa shape index (κ1) is 27.1. The van der Waals surface area contributed by atoms with Gasteiger partial charge >= 0.3 is 41.7 Å². The minimum atomic E-state index is -4.54. The predicted molar refractivity (Wildman–Crippen MR) is 134 cm³/mol. The fourth-order valence-corrected chi connectivity index (χ4v) is 4.74. The standard InChI is InChI=1S/C24H14ClF3N4O3S.Na.H/c25-17-10-14(6-7-15(17)12-32-9-8-18(30-32)23(33)34)21-29-22(35-31-21)19-11-16(13-4-2-1-3-5-13)20(36-19)24(26,27)28;;/h1-11H,12H2,(H,33,34);;. The van der Waals surface area contributed by atoms with Crippen LogP contribution in [-0.2, 0) is 12.7 Å². The Balaban J connectivity index is 0.00000320. The van der Waals surface area contributed by atoms with Crippen molar-refractivity contribution in [1.29, 1.82) is 0 Å². The molecular formula is C24H15ClF3N4NaO3S. The molecule has 0 saturated heterocycles. The van der Waals surface area contributed by atoms with E-state index in [2.05, 4.69) is 15.2 Å². The van der Waals surface area contributed by atoms with Crippen molar-refractivity contribution in [3.05, 3.63) is 88.0 Å². The third-order valence-electron chi connectivity index (χ3n) is 5.21. The summed E-state index contributed by atoms with van der Waals surface area (Å²) in [5.74, 6) is -1.01. The van der Waals surface area contributed by atoms with Crippen LogP contribution >= 0.6 is 22.9 Å². The van der Waals surface area contributed by atoms with Crippen molar-refractivity contribution in [2.24, 2.45) is 0 Å². The number of hydrogen-bond donors (Lipinski definition) is 1. The number of benzene rings is 2. The number of carboxylic acid groups (broad SMARTS) is 1. The number of halogens is 4. The molecule has 3 heterocycles. The number of thiophene rings is 1. The summed E-state index contributed by atoms with van der Waals surface area (Å²) in [6.45, 7) is 0.238. The number of aromatic nitrogens is 4. The summed E-state index contributed by atoms with van der Waals surface area (Å²) in [5.41, 5.74) is 1.56. The number of aromatic carboxylic acids is 1. The number of carboxylic acids is 1. The summed E-state index contributed by atoms with van der Waals surface area (Å²) in [7, 11) is 0.